The van der Waals surface area contributed by atoms with Crippen LogP contribution in [-0.4, -0.2) is 48.5 Å². The third kappa shape index (κ3) is 3.93. The monoisotopic (exact) mass is 401 g/mol. The molecule has 2 aromatic rings. The van der Waals surface area contributed by atoms with Crippen LogP contribution < -0.4 is 4.74 Å². The molecule has 2 fully saturated rings. The summed E-state index contributed by atoms with van der Waals surface area (Å²) in [6, 6.07) is 13.0. The van der Waals surface area contributed by atoms with E-state index in [0.29, 0.717) is 5.75 Å². The zero-order valence-electron chi connectivity index (χ0n) is 16.2. The lowest BCUT2D eigenvalue weighted by molar-refractivity contribution is -0.137. The van der Waals surface area contributed by atoms with Gasteiger partial charge in [-0.15, -0.1) is 0 Å². The molecule has 29 heavy (non-hydrogen) atoms. The molecule has 1 amide bonds. The average Bonchev–Trinajstić information content (AvgIpc) is 2.72. The quantitative estimate of drug-likeness (QED) is 0.852. The molecule has 2 unspecified atom stereocenters. The highest BCUT2D eigenvalue weighted by Gasteiger charge is 2.50. The Morgan fingerprint density at radius 3 is 2.55 bits per heavy atom. The maximum absolute atomic E-state index is 14.5. The van der Waals surface area contributed by atoms with E-state index in [1.165, 1.54) is 25.3 Å². The number of nitrogens with zero attached hydrogens (tertiary/aromatic N) is 1. The van der Waals surface area contributed by atoms with Gasteiger partial charge in [-0.25, -0.2) is 9.18 Å². The molecule has 1 N–H and O–H groups in total. The first-order chi connectivity index (χ1) is 14.0. The zero-order chi connectivity index (χ0) is 20.4. The Morgan fingerprint density at radius 2 is 1.90 bits per heavy atom. The number of amides is 1. The number of morpholine rings is 1. The molecule has 2 saturated heterocycles. The van der Waals surface area contributed by atoms with Crippen molar-refractivity contribution >= 4 is 6.09 Å². The van der Waals surface area contributed by atoms with Gasteiger partial charge >= 0.3 is 6.09 Å². The number of fused-ring (bicyclic) bond motifs is 2. The zero-order valence-corrected chi connectivity index (χ0v) is 16.2. The van der Waals surface area contributed by atoms with Crippen LogP contribution >= 0.6 is 0 Å². The van der Waals surface area contributed by atoms with Gasteiger partial charge < -0.3 is 19.3 Å². The van der Waals surface area contributed by atoms with Crippen LogP contribution in [0.3, 0.4) is 0 Å². The molecule has 6 nitrogen and oxygen atoms in total. The van der Waals surface area contributed by atoms with Crippen LogP contribution in [0.5, 0.6) is 5.75 Å². The number of rotatable bonds is 4. The van der Waals surface area contributed by atoms with Gasteiger partial charge in [-0.3, -0.25) is 4.90 Å². The summed E-state index contributed by atoms with van der Waals surface area (Å²) in [5.74, 6) is -0.0201. The number of hydrogen-bond donors (Lipinski definition) is 1. The number of carbonyl (C=O) groups excluding carboxylic acids is 1. The first-order valence-electron chi connectivity index (χ1n) is 9.63. The van der Waals surface area contributed by atoms with E-state index >= 15 is 0 Å². The third-order valence-electron chi connectivity index (χ3n) is 5.64. The third-order valence-corrected chi connectivity index (χ3v) is 5.64. The van der Waals surface area contributed by atoms with Crippen molar-refractivity contribution in [2.24, 2.45) is 0 Å². The number of halogens is 1. The molecule has 2 aliphatic heterocycles. The standard InChI is InChI=1S/C22H24FNO5/c1-27-18-7-8-20(23)19(9-18)22(26)10-16-13-28-14-17(11-22)24(16)21(25)29-12-15-5-3-2-4-6-15/h2-9,16-17,26H,10-14H2,1H3. The first-order valence-corrected chi connectivity index (χ1v) is 9.63. The normalized spacial score (nSPS) is 26.1. The Hall–Kier alpha value is -2.64. The fraction of sp³-hybridized carbons (Fsp3) is 0.409. The molecule has 0 aliphatic carbocycles. The van der Waals surface area contributed by atoms with Gasteiger partial charge in [0.2, 0.25) is 0 Å². The number of carbonyl (C=O) groups is 1. The van der Waals surface area contributed by atoms with Gasteiger partial charge in [-0.1, -0.05) is 30.3 Å². The molecule has 2 bridgehead atoms. The topological polar surface area (TPSA) is 68.2 Å². The average molecular weight is 401 g/mol. The van der Waals surface area contributed by atoms with E-state index in [2.05, 4.69) is 0 Å². The van der Waals surface area contributed by atoms with Crippen LogP contribution in [0, 0.1) is 5.82 Å². The smallest absolute Gasteiger partial charge is 0.410 e. The molecule has 0 aromatic heterocycles. The number of aliphatic hydroxyl groups is 1. The summed E-state index contributed by atoms with van der Waals surface area (Å²) < 4.78 is 30.8. The Balaban J connectivity index is 1.52. The first kappa shape index (κ1) is 19.7. The van der Waals surface area contributed by atoms with Crippen molar-refractivity contribution in [2.75, 3.05) is 20.3 Å². The van der Waals surface area contributed by atoms with E-state index in [-0.39, 0.29) is 38.2 Å². The fourth-order valence-corrected chi connectivity index (χ4v) is 4.28. The fourth-order valence-electron chi connectivity index (χ4n) is 4.28. The van der Waals surface area contributed by atoms with Crippen LogP contribution in [0.2, 0.25) is 0 Å². The molecular weight excluding hydrogens is 377 g/mol. The van der Waals surface area contributed by atoms with Crippen molar-refractivity contribution in [3.8, 4) is 5.75 Å². The van der Waals surface area contributed by atoms with Gasteiger partial charge in [-0.05, 0) is 23.8 Å². The Labute approximate surface area is 168 Å². The van der Waals surface area contributed by atoms with Crippen molar-refractivity contribution in [3.63, 3.8) is 0 Å². The van der Waals surface area contributed by atoms with Crippen molar-refractivity contribution in [1.29, 1.82) is 0 Å². The molecular formula is C22H24FNO5. The highest BCUT2D eigenvalue weighted by Crippen LogP contribution is 2.43. The van der Waals surface area contributed by atoms with Gasteiger partial charge in [0, 0.05) is 18.4 Å². The minimum atomic E-state index is -1.41. The number of hydrogen-bond acceptors (Lipinski definition) is 5. The van der Waals surface area contributed by atoms with E-state index in [1.54, 1.807) is 4.90 Å². The lowest BCUT2D eigenvalue weighted by Gasteiger charge is -2.51. The maximum atomic E-state index is 14.5. The number of methoxy groups -OCH3 is 1. The molecule has 4 rings (SSSR count). The summed E-state index contributed by atoms with van der Waals surface area (Å²) in [5.41, 5.74) is -0.325. The van der Waals surface area contributed by atoms with E-state index in [1.807, 2.05) is 30.3 Å². The van der Waals surface area contributed by atoms with Crippen LogP contribution in [0.15, 0.2) is 48.5 Å². The molecule has 0 radical (unpaired) electrons. The minimum Gasteiger partial charge on any atom is -0.497 e. The van der Waals surface area contributed by atoms with E-state index < -0.39 is 29.6 Å². The highest BCUT2D eigenvalue weighted by atomic mass is 19.1. The van der Waals surface area contributed by atoms with Crippen molar-refractivity contribution in [3.05, 3.63) is 65.5 Å². The molecule has 7 heteroatoms. The summed E-state index contributed by atoms with van der Waals surface area (Å²) in [6.45, 7) is 0.709. The molecule has 154 valence electrons. The van der Waals surface area contributed by atoms with Crippen molar-refractivity contribution < 1.29 is 28.5 Å². The predicted octanol–water partition coefficient (Wildman–Crippen LogP) is 3.22. The van der Waals surface area contributed by atoms with Crippen LogP contribution in [0.4, 0.5) is 9.18 Å². The minimum absolute atomic E-state index is 0.161. The lowest BCUT2D eigenvalue weighted by Crippen LogP contribution is -2.62. The Morgan fingerprint density at radius 1 is 1.21 bits per heavy atom. The van der Waals surface area contributed by atoms with Gasteiger partial charge in [0.25, 0.3) is 0 Å². The summed E-state index contributed by atoms with van der Waals surface area (Å²) in [5, 5.41) is 11.3. The number of piperidine rings is 1. The number of ether oxygens (including phenoxy) is 3. The summed E-state index contributed by atoms with van der Waals surface area (Å²) in [4.78, 5) is 14.4. The second-order valence-corrected chi connectivity index (χ2v) is 7.58. The van der Waals surface area contributed by atoms with Crippen molar-refractivity contribution in [1.82, 2.24) is 4.90 Å². The lowest BCUT2D eigenvalue weighted by atomic mass is 9.76. The Kier molecular flexibility index (Phi) is 5.43. The van der Waals surface area contributed by atoms with Crippen molar-refractivity contribution in [2.45, 2.75) is 37.1 Å². The predicted molar refractivity (Wildman–Crippen MR) is 103 cm³/mol. The van der Waals surface area contributed by atoms with Gasteiger partial charge in [0.05, 0.1) is 38.0 Å². The summed E-state index contributed by atoms with van der Waals surface area (Å²) in [6.07, 6.45) is -0.123. The Bertz CT molecular complexity index is 861. The molecule has 2 aliphatic rings. The number of benzene rings is 2. The van der Waals surface area contributed by atoms with E-state index in [4.69, 9.17) is 14.2 Å². The highest BCUT2D eigenvalue weighted by molar-refractivity contribution is 5.69. The van der Waals surface area contributed by atoms with Crippen LogP contribution in [0.25, 0.3) is 0 Å². The summed E-state index contributed by atoms with van der Waals surface area (Å²) >= 11 is 0. The van der Waals surface area contributed by atoms with Crippen LogP contribution in [0.1, 0.15) is 24.0 Å². The van der Waals surface area contributed by atoms with E-state index in [0.717, 1.165) is 5.56 Å². The molecule has 2 atom stereocenters. The maximum Gasteiger partial charge on any atom is 0.410 e. The second kappa shape index (κ2) is 8.00. The van der Waals surface area contributed by atoms with Gasteiger partial charge in [-0.2, -0.15) is 0 Å². The molecule has 0 saturated carbocycles. The largest absolute Gasteiger partial charge is 0.497 e. The summed E-state index contributed by atoms with van der Waals surface area (Å²) in [7, 11) is 1.50. The molecule has 0 spiro atoms. The SMILES string of the molecule is COc1ccc(F)c(C2(O)CC3COCC(C2)N3C(=O)OCc2ccccc2)c1. The van der Waals surface area contributed by atoms with Crippen LogP contribution in [-0.2, 0) is 21.7 Å². The van der Waals surface area contributed by atoms with E-state index in [9.17, 15) is 14.3 Å². The molecule has 2 heterocycles. The van der Waals surface area contributed by atoms with Gasteiger partial charge in [0.15, 0.2) is 0 Å². The molecule has 2 aromatic carbocycles. The second-order valence-electron chi connectivity index (χ2n) is 7.58. The van der Waals surface area contributed by atoms with Gasteiger partial charge in [0.1, 0.15) is 18.2 Å².